The average Bonchev–Trinajstić information content (AvgIpc) is 2.72. The first-order chi connectivity index (χ1) is 15.9. The molecule has 10 nitrogen and oxygen atoms in total. The summed E-state index contributed by atoms with van der Waals surface area (Å²) >= 11 is 0. The van der Waals surface area contributed by atoms with Gasteiger partial charge in [-0.05, 0) is 50.4 Å². The molecule has 0 aliphatic heterocycles. The standard InChI is InChI=1S/C24H30N4O6/c1-27(2)13-7-10(8-25)19(29)15-11(13)5-9-6-12-16(21(31)14(9)20(15)30)22(32)17(24(26)34)23(33)18(12)28(3)4/h7,9,12,16,18,29-30,33H,5-6,8,25H2,1-4H3,(H2,26,34)/t9?,12?,16?,18-/m1/s1. The monoisotopic (exact) mass is 470 g/mol. The highest BCUT2D eigenvalue weighted by Crippen LogP contribution is 2.52. The molecular weight excluding hydrogens is 440 g/mol. The van der Waals surface area contributed by atoms with Crippen molar-refractivity contribution in [3.63, 3.8) is 0 Å². The largest absolute Gasteiger partial charge is 0.510 e. The normalized spacial score (nSPS) is 26.4. The molecule has 0 radical (unpaired) electrons. The molecule has 1 amide bonds. The van der Waals surface area contributed by atoms with Crippen LogP contribution in [-0.2, 0) is 27.3 Å². The summed E-state index contributed by atoms with van der Waals surface area (Å²) in [5.74, 6) is -5.87. The highest BCUT2D eigenvalue weighted by atomic mass is 16.3. The van der Waals surface area contributed by atoms with Gasteiger partial charge in [0.15, 0.2) is 11.6 Å². The zero-order valence-electron chi connectivity index (χ0n) is 19.6. The van der Waals surface area contributed by atoms with E-state index in [4.69, 9.17) is 11.5 Å². The molecule has 0 spiro atoms. The quantitative estimate of drug-likeness (QED) is 0.308. The van der Waals surface area contributed by atoms with Crippen LogP contribution in [0.3, 0.4) is 0 Å². The van der Waals surface area contributed by atoms with Crippen LogP contribution in [0.15, 0.2) is 23.0 Å². The molecule has 34 heavy (non-hydrogen) atoms. The number of carbonyl (C=O) groups is 3. The Bertz CT molecular complexity index is 1180. The fourth-order valence-corrected chi connectivity index (χ4v) is 5.92. The number of hydrogen-bond acceptors (Lipinski definition) is 9. The molecule has 4 rings (SSSR count). The van der Waals surface area contributed by atoms with Crippen LogP contribution in [0, 0.1) is 17.8 Å². The summed E-state index contributed by atoms with van der Waals surface area (Å²) in [6, 6.07) is 1.00. The van der Waals surface area contributed by atoms with E-state index in [-0.39, 0.29) is 29.2 Å². The van der Waals surface area contributed by atoms with Gasteiger partial charge in [0.2, 0.25) is 0 Å². The summed E-state index contributed by atoms with van der Waals surface area (Å²) in [4.78, 5) is 42.4. The molecule has 0 saturated heterocycles. The molecular formula is C24H30N4O6. The van der Waals surface area contributed by atoms with Gasteiger partial charge in [-0.3, -0.25) is 19.3 Å². The van der Waals surface area contributed by atoms with Gasteiger partial charge in [-0.25, -0.2) is 0 Å². The van der Waals surface area contributed by atoms with Crippen molar-refractivity contribution in [3.8, 4) is 5.75 Å². The number of Topliss-reactive ketones (excluding diaryl/α,β-unsaturated/α-hetero) is 2. The lowest BCUT2D eigenvalue weighted by Gasteiger charge is -2.46. The first-order valence-corrected chi connectivity index (χ1v) is 11.1. The number of benzene rings is 1. The molecule has 182 valence electrons. The summed E-state index contributed by atoms with van der Waals surface area (Å²) in [7, 11) is 7.04. The average molecular weight is 471 g/mol. The number of phenols is 1. The number of fused-ring (bicyclic) bond motifs is 3. The third-order valence-electron chi connectivity index (χ3n) is 7.32. The number of primary amides is 1. The van der Waals surface area contributed by atoms with Crippen LogP contribution in [0.2, 0.25) is 0 Å². The summed E-state index contributed by atoms with van der Waals surface area (Å²) in [5, 5.41) is 32.9. The van der Waals surface area contributed by atoms with Gasteiger partial charge in [0.05, 0.1) is 17.5 Å². The lowest BCUT2D eigenvalue weighted by molar-refractivity contribution is -0.136. The molecule has 3 aliphatic carbocycles. The second kappa shape index (κ2) is 8.14. The first kappa shape index (κ1) is 23.8. The third kappa shape index (κ3) is 3.20. The number of hydrogen-bond donors (Lipinski definition) is 5. The summed E-state index contributed by atoms with van der Waals surface area (Å²) in [6.07, 6.45) is 0.656. The van der Waals surface area contributed by atoms with Crippen molar-refractivity contribution in [1.82, 2.24) is 4.90 Å². The van der Waals surface area contributed by atoms with Gasteiger partial charge in [0.25, 0.3) is 5.91 Å². The summed E-state index contributed by atoms with van der Waals surface area (Å²) < 4.78 is 0. The maximum Gasteiger partial charge on any atom is 0.255 e. The van der Waals surface area contributed by atoms with Crippen LogP contribution in [0.1, 0.15) is 23.1 Å². The Balaban J connectivity index is 1.94. The summed E-state index contributed by atoms with van der Waals surface area (Å²) in [6.45, 7) is 0.0275. The number of nitrogens with two attached hydrogens (primary N) is 2. The summed E-state index contributed by atoms with van der Waals surface area (Å²) in [5.41, 5.74) is 12.7. The van der Waals surface area contributed by atoms with Crippen molar-refractivity contribution in [2.45, 2.75) is 25.4 Å². The van der Waals surface area contributed by atoms with E-state index in [1.54, 1.807) is 25.1 Å². The highest BCUT2D eigenvalue weighted by Gasteiger charge is 2.55. The second-order valence-corrected chi connectivity index (χ2v) is 9.66. The number of aliphatic hydroxyl groups is 2. The maximum absolute atomic E-state index is 13.7. The number of phenolic OH excluding ortho intramolecular Hbond substituents is 1. The Kier molecular flexibility index (Phi) is 5.69. The lowest BCUT2D eigenvalue weighted by atomic mass is 9.59. The van der Waals surface area contributed by atoms with Gasteiger partial charge in [0.1, 0.15) is 22.8 Å². The number of amides is 1. The van der Waals surface area contributed by atoms with E-state index in [1.165, 1.54) is 0 Å². The molecule has 0 heterocycles. The van der Waals surface area contributed by atoms with Crippen molar-refractivity contribution >= 4 is 28.9 Å². The molecule has 0 bridgehead atoms. The topological polar surface area (TPSA) is 170 Å². The number of carbonyl (C=O) groups excluding carboxylic acids is 3. The lowest BCUT2D eigenvalue weighted by Crippen LogP contribution is -2.55. The number of ketones is 2. The number of anilines is 1. The smallest absolute Gasteiger partial charge is 0.255 e. The fraction of sp³-hybridized carbons (Fsp3) is 0.458. The van der Waals surface area contributed by atoms with E-state index in [1.807, 2.05) is 19.0 Å². The molecule has 1 aromatic rings. The number of nitrogens with zero attached hydrogens (tertiary/aromatic N) is 2. The minimum absolute atomic E-state index is 0.0275. The SMILES string of the molecule is CN(C)c1cc(CN)c(O)c2c1CC1CC3C(C(=O)C(C(N)=O)=C(O)[C@@H]3N(C)C)C(=O)C1=C2O. The van der Waals surface area contributed by atoms with Crippen molar-refractivity contribution in [2.24, 2.45) is 29.2 Å². The Morgan fingerprint density at radius 3 is 2.29 bits per heavy atom. The zero-order chi connectivity index (χ0) is 25.2. The van der Waals surface area contributed by atoms with Gasteiger partial charge in [-0.2, -0.15) is 0 Å². The zero-order valence-corrected chi connectivity index (χ0v) is 19.6. The molecule has 10 heteroatoms. The number of aromatic hydroxyl groups is 1. The van der Waals surface area contributed by atoms with Crippen molar-refractivity contribution in [3.05, 3.63) is 39.7 Å². The van der Waals surface area contributed by atoms with Crippen molar-refractivity contribution in [1.29, 1.82) is 0 Å². The minimum Gasteiger partial charge on any atom is -0.510 e. The minimum atomic E-state index is -1.27. The highest BCUT2D eigenvalue weighted by molar-refractivity contribution is 6.28. The molecule has 4 atom stereocenters. The predicted octanol–water partition coefficient (Wildman–Crippen LogP) is 0.374. The number of allylic oxidation sites excluding steroid dienone is 1. The number of aliphatic hydroxyl groups excluding tert-OH is 2. The Labute approximate surface area is 197 Å². The number of rotatable bonds is 4. The Morgan fingerprint density at radius 1 is 1.12 bits per heavy atom. The van der Waals surface area contributed by atoms with E-state index >= 15 is 0 Å². The van der Waals surface area contributed by atoms with Crippen LogP contribution in [0.4, 0.5) is 5.69 Å². The molecule has 0 aromatic heterocycles. The van der Waals surface area contributed by atoms with Gasteiger partial charge < -0.3 is 31.7 Å². The van der Waals surface area contributed by atoms with Crippen LogP contribution >= 0.6 is 0 Å². The van der Waals surface area contributed by atoms with E-state index in [0.717, 1.165) is 5.69 Å². The fourth-order valence-electron chi connectivity index (χ4n) is 5.92. The van der Waals surface area contributed by atoms with Gasteiger partial charge in [-0.1, -0.05) is 0 Å². The first-order valence-electron chi connectivity index (χ1n) is 11.1. The van der Waals surface area contributed by atoms with Crippen LogP contribution < -0.4 is 16.4 Å². The molecule has 7 N–H and O–H groups in total. The van der Waals surface area contributed by atoms with Crippen LogP contribution in [0.25, 0.3) is 5.76 Å². The van der Waals surface area contributed by atoms with Gasteiger partial charge >= 0.3 is 0 Å². The molecule has 3 unspecified atom stereocenters. The molecule has 1 saturated carbocycles. The van der Waals surface area contributed by atoms with Crippen LogP contribution in [-0.4, -0.2) is 71.9 Å². The van der Waals surface area contributed by atoms with Crippen molar-refractivity contribution in [2.75, 3.05) is 33.1 Å². The number of likely N-dealkylation sites (N-methyl/N-ethyl adjacent to an activating group) is 1. The van der Waals surface area contributed by atoms with Gasteiger partial charge in [0, 0.05) is 37.5 Å². The Morgan fingerprint density at radius 2 is 1.76 bits per heavy atom. The maximum atomic E-state index is 13.7. The second-order valence-electron chi connectivity index (χ2n) is 9.66. The van der Waals surface area contributed by atoms with E-state index < -0.39 is 52.6 Å². The third-order valence-corrected chi connectivity index (χ3v) is 7.32. The Hall–Kier alpha value is -3.37. The molecule has 1 aromatic carbocycles. The van der Waals surface area contributed by atoms with Crippen molar-refractivity contribution < 1.29 is 29.7 Å². The van der Waals surface area contributed by atoms with E-state index in [2.05, 4.69) is 0 Å². The van der Waals surface area contributed by atoms with Gasteiger partial charge in [-0.15, -0.1) is 0 Å². The van der Waals surface area contributed by atoms with Crippen LogP contribution in [0.5, 0.6) is 5.75 Å². The molecule has 3 aliphatic rings. The van der Waals surface area contributed by atoms with E-state index in [9.17, 15) is 29.7 Å². The predicted molar refractivity (Wildman–Crippen MR) is 125 cm³/mol. The van der Waals surface area contributed by atoms with E-state index in [0.29, 0.717) is 24.0 Å². The molecule has 1 fully saturated rings.